The number of rotatable bonds is 5. The van der Waals surface area contributed by atoms with Crippen LogP contribution in [0, 0.1) is 0 Å². The summed E-state index contributed by atoms with van der Waals surface area (Å²) in [4.78, 5) is 6.83. The second kappa shape index (κ2) is 9.10. The van der Waals surface area contributed by atoms with Crippen molar-refractivity contribution >= 4 is 27.7 Å². The van der Waals surface area contributed by atoms with Gasteiger partial charge in [0.15, 0.2) is 5.96 Å². The summed E-state index contributed by atoms with van der Waals surface area (Å²) in [5.74, 6) is 2.67. The molecule has 2 heterocycles. The Kier molecular flexibility index (Phi) is 6.83. The highest BCUT2D eigenvalue weighted by Gasteiger charge is 2.24. The number of nitrogens with zero attached hydrogens (tertiary/aromatic N) is 3. The van der Waals surface area contributed by atoms with Gasteiger partial charge in [0.05, 0.1) is 12.3 Å². The molecule has 0 amide bonds. The topological polar surface area (TPSA) is 65.0 Å². The van der Waals surface area contributed by atoms with Gasteiger partial charge in [0.25, 0.3) is 0 Å². The lowest BCUT2D eigenvalue weighted by atomic mass is 10.0. The quantitative estimate of drug-likeness (QED) is 0.602. The van der Waals surface area contributed by atoms with Crippen LogP contribution in [0.2, 0.25) is 0 Å². The molecular formula is C18H28N4O2S2. The summed E-state index contributed by atoms with van der Waals surface area (Å²) in [6, 6.07) is 8.48. The van der Waals surface area contributed by atoms with Crippen molar-refractivity contribution in [3.05, 3.63) is 35.4 Å². The van der Waals surface area contributed by atoms with E-state index in [0.29, 0.717) is 19.6 Å². The lowest BCUT2D eigenvalue weighted by Gasteiger charge is -2.31. The third kappa shape index (κ3) is 4.92. The van der Waals surface area contributed by atoms with Gasteiger partial charge in [0.2, 0.25) is 10.0 Å². The highest BCUT2D eigenvalue weighted by atomic mass is 32.2. The van der Waals surface area contributed by atoms with Crippen molar-refractivity contribution in [2.24, 2.45) is 4.99 Å². The number of hydrogen-bond acceptors (Lipinski definition) is 4. The van der Waals surface area contributed by atoms with E-state index < -0.39 is 10.0 Å². The van der Waals surface area contributed by atoms with Crippen LogP contribution >= 0.6 is 11.8 Å². The van der Waals surface area contributed by atoms with E-state index in [2.05, 4.69) is 39.5 Å². The van der Waals surface area contributed by atoms with Crippen LogP contribution in [0.4, 0.5) is 0 Å². The molecule has 0 saturated carbocycles. The van der Waals surface area contributed by atoms with E-state index in [-0.39, 0.29) is 5.75 Å². The Morgan fingerprint density at radius 1 is 1.19 bits per heavy atom. The van der Waals surface area contributed by atoms with Gasteiger partial charge >= 0.3 is 0 Å². The molecule has 0 spiro atoms. The van der Waals surface area contributed by atoms with E-state index in [9.17, 15) is 8.42 Å². The Morgan fingerprint density at radius 2 is 1.92 bits per heavy atom. The zero-order valence-corrected chi connectivity index (χ0v) is 17.0. The summed E-state index contributed by atoms with van der Waals surface area (Å²) in [6.07, 6.45) is 0.990. The second-order valence-corrected chi connectivity index (χ2v) is 9.82. The lowest BCUT2D eigenvalue weighted by molar-refractivity contribution is 0.379. The number of guanidine groups is 1. The minimum absolute atomic E-state index is 0.0803. The smallest absolute Gasteiger partial charge is 0.215 e. The highest BCUT2D eigenvalue weighted by molar-refractivity contribution is 7.99. The number of hydrogen-bond donors (Lipinski definition) is 1. The van der Waals surface area contributed by atoms with Crippen molar-refractivity contribution < 1.29 is 8.42 Å². The molecule has 6 nitrogen and oxygen atoms in total. The van der Waals surface area contributed by atoms with E-state index in [1.54, 1.807) is 4.31 Å². The SMILES string of the molecule is CCNC(=NCCS(=O)(=O)N1CCSCC1)N1CCc2ccccc2C1. The molecule has 1 aromatic carbocycles. The largest absolute Gasteiger partial charge is 0.357 e. The van der Waals surface area contributed by atoms with Gasteiger partial charge in [0.1, 0.15) is 0 Å². The first kappa shape index (κ1) is 19.5. The summed E-state index contributed by atoms with van der Waals surface area (Å²) >= 11 is 1.81. The molecule has 1 fully saturated rings. The fraction of sp³-hybridized carbons (Fsp3) is 0.611. The zero-order valence-electron chi connectivity index (χ0n) is 15.4. The molecule has 0 aromatic heterocycles. The van der Waals surface area contributed by atoms with Crippen molar-refractivity contribution in [2.45, 2.75) is 19.9 Å². The van der Waals surface area contributed by atoms with Crippen LogP contribution in [0.5, 0.6) is 0 Å². The molecule has 26 heavy (non-hydrogen) atoms. The lowest BCUT2D eigenvalue weighted by Crippen LogP contribution is -2.44. The molecule has 0 unspecified atom stereocenters. The number of aliphatic imine (C=N–C) groups is 1. The van der Waals surface area contributed by atoms with Gasteiger partial charge in [-0.05, 0) is 24.5 Å². The van der Waals surface area contributed by atoms with Crippen molar-refractivity contribution in [1.29, 1.82) is 0 Å². The first-order valence-electron chi connectivity index (χ1n) is 9.26. The van der Waals surface area contributed by atoms with Crippen LogP contribution < -0.4 is 5.32 Å². The first-order chi connectivity index (χ1) is 12.6. The van der Waals surface area contributed by atoms with Crippen LogP contribution in [0.15, 0.2) is 29.3 Å². The van der Waals surface area contributed by atoms with Crippen LogP contribution in [0.25, 0.3) is 0 Å². The molecule has 3 rings (SSSR count). The summed E-state index contributed by atoms with van der Waals surface area (Å²) in [5.41, 5.74) is 2.72. The Bertz CT molecular complexity index is 730. The fourth-order valence-electron chi connectivity index (χ4n) is 3.32. The summed E-state index contributed by atoms with van der Waals surface area (Å²) < 4.78 is 26.6. The number of nitrogens with one attached hydrogen (secondary N) is 1. The van der Waals surface area contributed by atoms with Gasteiger partial charge in [-0.15, -0.1) is 0 Å². The maximum Gasteiger partial charge on any atom is 0.215 e. The van der Waals surface area contributed by atoms with Gasteiger partial charge in [-0.3, -0.25) is 4.99 Å². The van der Waals surface area contributed by atoms with Crippen molar-refractivity contribution in [2.75, 3.05) is 50.0 Å². The molecule has 0 bridgehead atoms. The molecule has 1 N–H and O–H groups in total. The number of fused-ring (bicyclic) bond motifs is 1. The summed E-state index contributed by atoms with van der Waals surface area (Å²) in [7, 11) is -3.21. The average molecular weight is 397 g/mol. The van der Waals surface area contributed by atoms with Gasteiger partial charge in [-0.25, -0.2) is 12.7 Å². The van der Waals surface area contributed by atoms with Gasteiger partial charge in [-0.2, -0.15) is 11.8 Å². The van der Waals surface area contributed by atoms with E-state index >= 15 is 0 Å². The fourth-order valence-corrected chi connectivity index (χ4v) is 5.78. The second-order valence-electron chi connectivity index (χ2n) is 6.50. The van der Waals surface area contributed by atoms with E-state index in [1.165, 1.54) is 11.1 Å². The minimum atomic E-state index is -3.21. The van der Waals surface area contributed by atoms with E-state index in [4.69, 9.17) is 0 Å². The number of thioether (sulfide) groups is 1. The van der Waals surface area contributed by atoms with Crippen LogP contribution in [-0.4, -0.2) is 73.6 Å². The molecule has 8 heteroatoms. The maximum absolute atomic E-state index is 12.5. The van der Waals surface area contributed by atoms with Crippen LogP contribution in [0.1, 0.15) is 18.1 Å². The Morgan fingerprint density at radius 3 is 2.65 bits per heavy atom. The molecule has 0 aliphatic carbocycles. The third-order valence-corrected chi connectivity index (χ3v) is 7.53. The molecule has 144 valence electrons. The Labute approximate surface area is 161 Å². The van der Waals surface area contributed by atoms with Gasteiger partial charge < -0.3 is 10.2 Å². The normalized spacial score (nSPS) is 19.3. The predicted octanol–water partition coefficient (Wildman–Crippen LogP) is 1.39. The Balaban J connectivity index is 1.62. The molecule has 0 atom stereocenters. The molecular weight excluding hydrogens is 368 g/mol. The van der Waals surface area contributed by atoms with Crippen LogP contribution in [-0.2, 0) is 23.0 Å². The molecule has 2 aliphatic rings. The van der Waals surface area contributed by atoms with Crippen molar-refractivity contribution in [1.82, 2.24) is 14.5 Å². The predicted molar refractivity (Wildman–Crippen MR) is 109 cm³/mol. The first-order valence-corrected chi connectivity index (χ1v) is 12.0. The Hall–Kier alpha value is -1.25. The standard InChI is InChI=1S/C18H28N4O2S2/c1-2-19-18(21-9-7-16-5-3-4-6-17(16)15-21)20-8-14-26(23,24)22-10-12-25-13-11-22/h3-6H,2,7-15H2,1H3,(H,19,20). The average Bonchev–Trinajstić information content (AvgIpc) is 2.67. The van der Waals surface area contributed by atoms with Crippen molar-refractivity contribution in [3.8, 4) is 0 Å². The van der Waals surface area contributed by atoms with E-state index in [1.807, 2.05) is 18.7 Å². The van der Waals surface area contributed by atoms with Gasteiger partial charge in [0, 0.05) is 44.2 Å². The number of sulfonamides is 1. The summed E-state index contributed by atoms with van der Waals surface area (Å²) in [5, 5.41) is 3.31. The van der Waals surface area contributed by atoms with Crippen LogP contribution in [0.3, 0.4) is 0 Å². The minimum Gasteiger partial charge on any atom is -0.357 e. The van der Waals surface area contributed by atoms with Gasteiger partial charge in [-0.1, -0.05) is 24.3 Å². The maximum atomic E-state index is 12.5. The molecule has 2 aliphatic heterocycles. The molecule has 1 aromatic rings. The summed E-state index contributed by atoms with van der Waals surface area (Å²) in [6.45, 7) is 6.07. The van der Waals surface area contributed by atoms with E-state index in [0.717, 1.165) is 43.5 Å². The monoisotopic (exact) mass is 396 g/mol. The third-order valence-electron chi connectivity index (χ3n) is 4.74. The molecule has 0 radical (unpaired) electrons. The highest BCUT2D eigenvalue weighted by Crippen LogP contribution is 2.18. The molecule has 1 saturated heterocycles. The van der Waals surface area contributed by atoms with Crippen molar-refractivity contribution in [3.63, 3.8) is 0 Å². The zero-order chi connectivity index (χ0) is 18.4. The number of benzene rings is 1.